The van der Waals surface area contributed by atoms with Gasteiger partial charge >= 0.3 is 0 Å². The first kappa shape index (κ1) is 10.9. The van der Waals surface area contributed by atoms with Crippen molar-refractivity contribution in [1.82, 2.24) is 4.98 Å². The summed E-state index contributed by atoms with van der Waals surface area (Å²) >= 11 is 7.41. The molecule has 1 aromatic heterocycles. The van der Waals surface area contributed by atoms with E-state index < -0.39 is 6.43 Å². The molecule has 0 saturated carbocycles. The summed E-state index contributed by atoms with van der Waals surface area (Å²) in [5.74, 6) is 0.132. The summed E-state index contributed by atoms with van der Waals surface area (Å²) in [6.45, 7) is 0. The number of alkyl halides is 3. The van der Waals surface area contributed by atoms with E-state index in [1.165, 1.54) is 6.07 Å². The molecule has 0 saturated heterocycles. The van der Waals surface area contributed by atoms with Gasteiger partial charge in [-0.15, -0.1) is 11.6 Å². The van der Waals surface area contributed by atoms with Crippen molar-refractivity contribution in [3.8, 4) is 0 Å². The van der Waals surface area contributed by atoms with E-state index in [1.54, 1.807) is 0 Å². The van der Waals surface area contributed by atoms with Gasteiger partial charge in [0.2, 0.25) is 0 Å². The molecule has 0 amide bonds. The standard InChI is InChI=1S/C7H6ClF2IN2/c8-2-3-1-4(11)7(12)13-5(3)6(9)10/h1,6H,2H2,(H2,12,13). The number of nitrogen functional groups attached to an aromatic ring is 1. The van der Waals surface area contributed by atoms with E-state index in [2.05, 4.69) is 4.98 Å². The highest BCUT2D eigenvalue weighted by atomic mass is 127. The number of aromatic nitrogens is 1. The van der Waals surface area contributed by atoms with Crippen molar-refractivity contribution in [3.63, 3.8) is 0 Å². The van der Waals surface area contributed by atoms with Crippen LogP contribution in [0.3, 0.4) is 0 Å². The largest absolute Gasteiger partial charge is 0.383 e. The maximum absolute atomic E-state index is 12.3. The number of hydrogen-bond donors (Lipinski definition) is 1. The average Bonchev–Trinajstić information content (AvgIpc) is 2.08. The highest BCUT2D eigenvalue weighted by Crippen LogP contribution is 2.26. The van der Waals surface area contributed by atoms with Crippen LogP contribution in [0.1, 0.15) is 17.7 Å². The Hall–Kier alpha value is -0.170. The van der Waals surface area contributed by atoms with Gasteiger partial charge in [0, 0.05) is 5.88 Å². The number of nitrogens with zero attached hydrogens (tertiary/aromatic N) is 1. The molecular weight excluding hydrogens is 312 g/mol. The molecule has 13 heavy (non-hydrogen) atoms. The van der Waals surface area contributed by atoms with E-state index in [-0.39, 0.29) is 17.4 Å². The molecule has 0 spiro atoms. The van der Waals surface area contributed by atoms with Gasteiger partial charge in [-0.2, -0.15) is 0 Å². The van der Waals surface area contributed by atoms with Gasteiger partial charge in [0.1, 0.15) is 11.5 Å². The van der Waals surface area contributed by atoms with Gasteiger partial charge in [-0.1, -0.05) is 0 Å². The Morgan fingerprint density at radius 3 is 2.69 bits per heavy atom. The molecule has 1 aromatic rings. The fourth-order valence-electron chi connectivity index (χ4n) is 0.852. The third-order valence-electron chi connectivity index (χ3n) is 1.47. The number of anilines is 1. The third kappa shape index (κ3) is 2.40. The molecule has 0 aliphatic heterocycles. The van der Waals surface area contributed by atoms with Crippen LogP contribution in [-0.2, 0) is 5.88 Å². The van der Waals surface area contributed by atoms with E-state index >= 15 is 0 Å². The topological polar surface area (TPSA) is 38.9 Å². The quantitative estimate of drug-likeness (QED) is 0.672. The second-order valence-corrected chi connectivity index (χ2v) is 3.76. The number of halogens is 4. The van der Waals surface area contributed by atoms with Crippen LogP contribution in [0.5, 0.6) is 0 Å². The van der Waals surface area contributed by atoms with Gasteiger partial charge in [-0.3, -0.25) is 0 Å². The van der Waals surface area contributed by atoms with Gasteiger partial charge in [0.15, 0.2) is 0 Å². The monoisotopic (exact) mass is 318 g/mol. The Labute approximate surface area is 92.6 Å². The van der Waals surface area contributed by atoms with Crippen LogP contribution in [0.15, 0.2) is 6.07 Å². The molecule has 0 aromatic carbocycles. The summed E-state index contributed by atoms with van der Waals surface area (Å²) in [4.78, 5) is 3.58. The molecule has 1 rings (SSSR count). The SMILES string of the molecule is Nc1nc(C(F)F)c(CCl)cc1I. The molecule has 0 radical (unpaired) electrons. The van der Waals surface area contributed by atoms with Crippen LogP contribution in [0.25, 0.3) is 0 Å². The first-order chi connectivity index (χ1) is 6.06. The summed E-state index contributed by atoms with van der Waals surface area (Å²) < 4.78 is 25.3. The van der Waals surface area contributed by atoms with Crippen LogP contribution in [0.2, 0.25) is 0 Å². The molecule has 0 bridgehead atoms. The molecule has 6 heteroatoms. The van der Waals surface area contributed by atoms with E-state index in [1.807, 2.05) is 22.6 Å². The normalized spacial score (nSPS) is 10.8. The molecule has 2 nitrogen and oxygen atoms in total. The second-order valence-electron chi connectivity index (χ2n) is 2.33. The van der Waals surface area contributed by atoms with Gasteiger partial charge in [0.05, 0.1) is 3.57 Å². The fraction of sp³-hybridized carbons (Fsp3) is 0.286. The number of nitrogens with two attached hydrogens (primary N) is 1. The Morgan fingerprint density at radius 2 is 2.23 bits per heavy atom. The average molecular weight is 318 g/mol. The highest BCUT2D eigenvalue weighted by Gasteiger charge is 2.16. The number of hydrogen-bond acceptors (Lipinski definition) is 2. The minimum absolute atomic E-state index is 0.0168. The van der Waals surface area contributed by atoms with Crippen molar-refractivity contribution in [3.05, 3.63) is 20.9 Å². The van der Waals surface area contributed by atoms with Crippen molar-refractivity contribution in [1.29, 1.82) is 0 Å². The third-order valence-corrected chi connectivity index (χ3v) is 2.62. The molecule has 1 heterocycles. The van der Waals surface area contributed by atoms with Gasteiger partial charge in [0.25, 0.3) is 6.43 Å². The predicted molar refractivity (Wildman–Crippen MR) is 55.9 cm³/mol. The molecular formula is C7H6ClF2IN2. The number of rotatable bonds is 2. The van der Waals surface area contributed by atoms with Crippen molar-refractivity contribution < 1.29 is 8.78 Å². The van der Waals surface area contributed by atoms with Gasteiger partial charge < -0.3 is 5.73 Å². The molecule has 72 valence electrons. The molecule has 2 N–H and O–H groups in total. The minimum atomic E-state index is -2.63. The van der Waals surface area contributed by atoms with Gasteiger partial charge in [-0.25, -0.2) is 13.8 Å². The summed E-state index contributed by atoms with van der Waals surface area (Å²) in [6.07, 6.45) is -2.63. The Balaban J connectivity index is 3.25. The van der Waals surface area contributed by atoms with Crippen LogP contribution in [0.4, 0.5) is 14.6 Å². The maximum Gasteiger partial charge on any atom is 0.280 e. The van der Waals surface area contributed by atoms with Crippen molar-refractivity contribution >= 4 is 40.0 Å². The van der Waals surface area contributed by atoms with Crippen LogP contribution in [0, 0.1) is 3.57 Å². The Kier molecular flexibility index (Phi) is 3.66. The van der Waals surface area contributed by atoms with E-state index in [9.17, 15) is 8.78 Å². The summed E-state index contributed by atoms with van der Waals surface area (Å²) in [5, 5.41) is 0. The second kappa shape index (κ2) is 4.36. The molecule has 0 aliphatic rings. The van der Waals surface area contributed by atoms with Crippen LogP contribution >= 0.6 is 34.2 Å². The lowest BCUT2D eigenvalue weighted by atomic mass is 10.2. The maximum atomic E-state index is 12.3. The van der Waals surface area contributed by atoms with Crippen LogP contribution < -0.4 is 5.73 Å². The lowest BCUT2D eigenvalue weighted by Gasteiger charge is -2.07. The van der Waals surface area contributed by atoms with Crippen molar-refractivity contribution in [2.24, 2.45) is 0 Å². The summed E-state index contributed by atoms with van der Waals surface area (Å²) in [5.41, 5.74) is 5.39. The molecule has 0 fully saturated rings. The Bertz CT molecular complexity index is 320. The smallest absolute Gasteiger partial charge is 0.280 e. The van der Waals surface area contributed by atoms with Crippen molar-refractivity contribution in [2.45, 2.75) is 12.3 Å². The van der Waals surface area contributed by atoms with Gasteiger partial charge in [-0.05, 0) is 34.2 Å². The predicted octanol–water partition coefficient (Wildman–Crippen LogP) is 2.94. The minimum Gasteiger partial charge on any atom is -0.383 e. The molecule has 0 unspecified atom stereocenters. The fourth-order valence-corrected chi connectivity index (χ4v) is 1.56. The lowest BCUT2D eigenvalue weighted by Crippen LogP contribution is -2.03. The van der Waals surface area contributed by atoms with E-state index in [0.717, 1.165) is 0 Å². The lowest BCUT2D eigenvalue weighted by molar-refractivity contribution is 0.145. The zero-order chi connectivity index (χ0) is 10.0. The Morgan fingerprint density at radius 1 is 1.62 bits per heavy atom. The zero-order valence-corrected chi connectivity index (χ0v) is 9.31. The molecule has 0 aliphatic carbocycles. The first-order valence-corrected chi connectivity index (χ1v) is 4.96. The molecule has 0 atom stereocenters. The summed E-state index contributed by atoms with van der Waals surface area (Å²) in [6, 6.07) is 1.53. The zero-order valence-electron chi connectivity index (χ0n) is 6.40. The summed E-state index contributed by atoms with van der Waals surface area (Å²) in [7, 11) is 0. The first-order valence-electron chi connectivity index (χ1n) is 3.35. The highest BCUT2D eigenvalue weighted by molar-refractivity contribution is 14.1. The van der Waals surface area contributed by atoms with Crippen molar-refractivity contribution in [2.75, 3.05) is 5.73 Å². The van der Waals surface area contributed by atoms with E-state index in [4.69, 9.17) is 17.3 Å². The van der Waals surface area contributed by atoms with Crippen LogP contribution in [-0.4, -0.2) is 4.98 Å². The number of pyridine rings is 1. The van der Waals surface area contributed by atoms with E-state index in [0.29, 0.717) is 9.13 Å².